The van der Waals surface area contributed by atoms with Crippen molar-refractivity contribution in [1.82, 2.24) is 10.2 Å². The van der Waals surface area contributed by atoms with Crippen LogP contribution in [0.5, 0.6) is 5.75 Å². The Hall–Kier alpha value is -1.74. The zero-order valence-corrected chi connectivity index (χ0v) is 16.9. The van der Waals surface area contributed by atoms with Gasteiger partial charge in [-0.3, -0.25) is 9.79 Å². The average molecular weight is 417 g/mol. The molecular weight excluding hydrogens is 391 g/mol. The van der Waals surface area contributed by atoms with Crippen LogP contribution in [0.4, 0.5) is 13.2 Å². The molecule has 0 radical (unpaired) electrons. The Morgan fingerprint density at radius 3 is 2.64 bits per heavy atom. The van der Waals surface area contributed by atoms with Crippen molar-refractivity contribution in [2.45, 2.75) is 38.6 Å². The van der Waals surface area contributed by atoms with Gasteiger partial charge in [0.25, 0.3) is 0 Å². The minimum absolute atomic E-state index is 0.0773. The second-order valence-electron chi connectivity index (χ2n) is 6.56. The average Bonchev–Trinajstić information content (AvgIpc) is 3.03. The van der Waals surface area contributed by atoms with Crippen LogP contribution in [-0.4, -0.2) is 60.7 Å². The van der Waals surface area contributed by atoms with E-state index in [0.29, 0.717) is 29.7 Å². The van der Waals surface area contributed by atoms with Crippen LogP contribution < -0.4 is 10.1 Å². The van der Waals surface area contributed by atoms with Crippen LogP contribution >= 0.6 is 11.8 Å². The number of nitrogens with zero attached hydrogens (tertiary/aromatic N) is 2. The topological polar surface area (TPSA) is 53.9 Å². The molecule has 1 atom stereocenters. The monoisotopic (exact) mass is 417 g/mol. The summed E-state index contributed by atoms with van der Waals surface area (Å²) in [6.07, 6.45) is -1.41. The van der Waals surface area contributed by atoms with E-state index in [2.05, 4.69) is 27.0 Å². The van der Waals surface area contributed by atoms with Crippen molar-refractivity contribution in [2.75, 3.05) is 32.4 Å². The highest BCUT2D eigenvalue weighted by Crippen LogP contribution is 2.24. The van der Waals surface area contributed by atoms with E-state index in [0.717, 1.165) is 13.0 Å². The third kappa shape index (κ3) is 7.71. The maximum Gasteiger partial charge on any atom is 0.573 e. The van der Waals surface area contributed by atoms with Crippen LogP contribution in [0.15, 0.2) is 29.3 Å². The summed E-state index contributed by atoms with van der Waals surface area (Å²) in [6.45, 7) is 4.12. The number of benzene rings is 1. The third-order valence-corrected chi connectivity index (χ3v) is 5.49. The largest absolute Gasteiger partial charge is 0.573 e. The minimum atomic E-state index is -4.72. The number of hydrogen-bond acceptors (Lipinski definition) is 5. The first-order valence-corrected chi connectivity index (χ1v) is 10.3. The van der Waals surface area contributed by atoms with Gasteiger partial charge in [-0.25, -0.2) is 0 Å². The van der Waals surface area contributed by atoms with Gasteiger partial charge in [0.2, 0.25) is 5.91 Å². The number of nitrogens with one attached hydrogen (secondary N) is 1. The SMILES string of the molecule is CCN=C(SCC(=O)NCCC1CCCN1C)c1ccc(OC(F)(F)F)cc1. The molecule has 28 heavy (non-hydrogen) atoms. The highest BCUT2D eigenvalue weighted by Gasteiger charge is 2.31. The molecule has 0 bridgehead atoms. The van der Waals surface area contributed by atoms with Gasteiger partial charge in [-0.1, -0.05) is 11.8 Å². The van der Waals surface area contributed by atoms with Gasteiger partial charge in [0, 0.05) is 24.7 Å². The normalized spacial score (nSPS) is 18.3. The zero-order chi connectivity index (χ0) is 20.6. The number of thioether (sulfide) groups is 1. The van der Waals surface area contributed by atoms with E-state index in [1.165, 1.54) is 48.9 Å². The maximum absolute atomic E-state index is 12.3. The molecule has 0 aliphatic carbocycles. The number of rotatable bonds is 8. The van der Waals surface area contributed by atoms with Crippen molar-refractivity contribution in [3.05, 3.63) is 29.8 Å². The summed E-state index contributed by atoms with van der Waals surface area (Å²) in [7, 11) is 2.11. The number of hydrogen-bond donors (Lipinski definition) is 1. The van der Waals surface area contributed by atoms with Crippen molar-refractivity contribution in [3.63, 3.8) is 0 Å². The number of carbonyl (C=O) groups is 1. The van der Waals surface area contributed by atoms with Crippen molar-refractivity contribution in [2.24, 2.45) is 4.99 Å². The number of amides is 1. The summed E-state index contributed by atoms with van der Waals surface area (Å²) >= 11 is 1.27. The molecule has 1 N–H and O–H groups in total. The van der Waals surface area contributed by atoms with Gasteiger partial charge in [0.05, 0.1) is 10.8 Å². The Morgan fingerprint density at radius 2 is 2.07 bits per heavy atom. The van der Waals surface area contributed by atoms with Crippen molar-refractivity contribution < 1.29 is 22.7 Å². The van der Waals surface area contributed by atoms with E-state index in [4.69, 9.17) is 0 Å². The third-order valence-electron chi connectivity index (χ3n) is 4.45. The lowest BCUT2D eigenvalue weighted by Gasteiger charge is -2.19. The van der Waals surface area contributed by atoms with E-state index in [1.807, 2.05) is 6.92 Å². The predicted molar refractivity (Wildman–Crippen MR) is 106 cm³/mol. The zero-order valence-electron chi connectivity index (χ0n) is 16.1. The lowest BCUT2D eigenvalue weighted by atomic mass is 10.1. The summed E-state index contributed by atoms with van der Waals surface area (Å²) in [6, 6.07) is 6.04. The van der Waals surface area contributed by atoms with Crippen molar-refractivity contribution >= 4 is 22.7 Å². The van der Waals surface area contributed by atoms with E-state index >= 15 is 0 Å². The first-order chi connectivity index (χ1) is 13.3. The van der Waals surface area contributed by atoms with E-state index in [1.54, 1.807) is 0 Å². The van der Waals surface area contributed by atoms with Gasteiger partial charge >= 0.3 is 6.36 Å². The lowest BCUT2D eigenvalue weighted by Crippen LogP contribution is -2.32. The van der Waals surface area contributed by atoms with E-state index < -0.39 is 6.36 Å². The number of carbonyl (C=O) groups excluding carboxylic acids is 1. The molecule has 1 aliphatic rings. The van der Waals surface area contributed by atoms with Gasteiger partial charge in [0.15, 0.2) is 0 Å². The summed E-state index contributed by atoms with van der Waals surface area (Å²) in [5, 5.41) is 3.54. The first kappa shape index (κ1) is 22.5. The predicted octanol–water partition coefficient (Wildman–Crippen LogP) is 3.69. The Labute approximate surface area is 167 Å². The molecule has 1 fully saturated rings. The Kier molecular flexibility index (Phi) is 8.62. The smallest absolute Gasteiger partial charge is 0.406 e. The quantitative estimate of drug-likeness (QED) is 0.518. The van der Waals surface area contributed by atoms with Gasteiger partial charge in [0.1, 0.15) is 5.75 Å². The van der Waals surface area contributed by atoms with Crippen molar-refractivity contribution in [1.29, 1.82) is 0 Å². The van der Waals surface area contributed by atoms with Gasteiger partial charge in [-0.05, 0) is 64.0 Å². The van der Waals surface area contributed by atoms with Gasteiger partial charge in [-0.15, -0.1) is 13.2 Å². The second kappa shape index (κ2) is 10.7. The lowest BCUT2D eigenvalue weighted by molar-refractivity contribution is -0.274. The van der Waals surface area contributed by atoms with Crippen LogP contribution in [0.25, 0.3) is 0 Å². The molecule has 1 amide bonds. The molecule has 156 valence electrons. The van der Waals surface area contributed by atoms with Crippen LogP contribution in [0, 0.1) is 0 Å². The number of aliphatic imine (C=N–C) groups is 1. The maximum atomic E-state index is 12.3. The summed E-state index contributed by atoms with van der Waals surface area (Å²) in [5.41, 5.74) is 0.654. The molecule has 1 unspecified atom stereocenters. The van der Waals surface area contributed by atoms with E-state index in [-0.39, 0.29) is 17.4 Å². The number of ether oxygens (including phenoxy) is 1. The highest BCUT2D eigenvalue weighted by molar-refractivity contribution is 8.14. The first-order valence-electron chi connectivity index (χ1n) is 9.29. The highest BCUT2D eigenvalue weighted by atomic mass is 32.2. The molecular formula is C19H26F3N3O2S. The standard InChI is InChI=1S/C19H26F3N3O2S/c1-3-23-18(14-6-8-16(9-7-14)27-19(20,21)22)28-13-17(26)24-11-10-15-5-4-12-25(15)2/h6-9,15H,3-5,10-13H2,1-2H3,(H,24,26). The molecule has 1 aliphatic heterocycles. The summed E-state index contributed by atoms with van der Waals surface area (Å²) in [5.74, 6) is -0.154. The second-order valence-corrected chi connectivity index (χ2v) is 7.52. The van der Waals surface area contributed by atoms with E-state index in [9.17, 15) is 18.0 Å². The molecule has 1 saturated heterocycles. The van der Waals surface area contributed by atoms with Gasteiger partial charge < -0.3 is 15.0 Å². The van der Waals surface area contributed by atoms with Crippen LogP contribution in [-0.2, 0) is 4.79 Å². The number of likely N-dealkylation sites (tertiary alicyclic amines) is 1. The fraction of sp³-hybridized carbons (Fsp3) is 0.579. The molecule has 1 aromatic rings. The fourth-order valence-electron chi connectivity index (χ4n) is 3.07. The molecule has 0 spiro atoms. The Balaban J connectivity index is 1.82. The Bertz CT molecular complexity index is 665. The molecule has 5 nitrogen and oxygen atoms in total. The van der Waals surface area contributed by atoms with Crippen LogP contribution in [0.1, 0.15) is 31.7 Å². The minimum Gasteiger partial charge on any atom is -0.406 e. The molecule has 2 rings (SSSR count). The molecule has 9 heteroatoms. The number of alkyl halides is 3. The summed E-state index contributed by atoms with van der Waals surface area (Å²) < 4.78 is 40.6. The fourth-order valence-corrected chi connectivity index (χ4v) is 3.96. The van der Waals surface area contributed by atoms with Crippen LogP contribution in [0.3, 0.4) is 0 Å². The molecule has 0 aromatic heterocycles. The Morgan fingerprint density at radius 1 is 1.36 bits per heavy atom. The molecule has 0 saturated carbocycles. The number of halogens is 3. The summed E-state index contributed by atoms with van der Waals surface area (Å²) in [4.78, 5) is 18.8. The molecule has 1 heterocycles. The molecule has 1 aromatic carbocycles. The van der Waals surface area contributed by atoms with Crippen LogP contribution in [0.2, 0.25) is 0 Å². The van der Waals surface area contributed by atoms with Gasteiger partial charge in [-0.2, -0.15) is 0 Å². The van der Waals surface area contributed by atoms with Crippen molar-refractivity contribution in [3.8, 4) is 5.75 Å².